The molecule has 4 amide bonds. The lowest BCUT2D eigenvalue weighted by molar-refractivity contribution is -0.198. The van der Waals surface area contributed by atoms with Crippen LogP contribution in [0.5, 0.6) is 34.5 Å². The molecule has 2 aliphatic rings. The fraction of sp³-hybridized carbons (Fsp3) is 0.529. The van der Waals surface area contributed by atoms with E-state index in [-0.39, 0.29) is 83.9 Å². The number of aryl methyl sites for hydroxylation is 1. The molecule has 0 radical (unpaired) electrons. The lowest BCUT2D eigenvalue weighted by Gasteiger charge is -2.37. The highest BCUT2D eigenvalue weighted by atomic mass is 16.7. The summed E-state index contributed by atoms with van der Waals surface area (Å²) in [5, 5.41) is 3.25. The lowest BCUT2D eigenvalue weighted by atomic mass is 9.91. The van der Waals surface area contributed by atoms with Crippen LogP contribution in [0.3, 0.4) is 0 Å². The number of nitrogens with one attached hydrogen (secondary N) is 1. The summed E-state index contributed by atoms with van der Waals surface area (Å²) in [5.41, 5.74) is 2.25. The number of benzene rings is 3. The summed E-state index contributed by atoms with van der Waals surface area (Å²) in [4.78, 5) is 83.0. The maximum atomic E-state index is 14.5. The molecule has 0 unspecified atom stereocenters. The van der Waals surface area contributed by atoms with E-state index < -0.39 is 41.8 Å². The second-order valence-electron chi connectivity index (χ2n) is 16.5. The van der Waals surface area contributed by atoms with Crippen LogP contribution in [0.4, 0.5) is 0 Å². The van der Waals surface area contributed by atoms with E-state index in [9.17, 15) is 28.8 Å². The Morgan fingerprint density at radius 1 is 0.718 bits per heavy atom. The minimum Gasteiger partial charge on any atom is -0.493 e. The minimum absolute atomic E-state index is 0.0248. The minimum atomic E-state index is -0.822. The lowest BCUT2D eigenvalue weighted by Crippen LogP contribution is -2.50. The van der Waals surface area contributed by atoms with Crippen molar-refractivity contribution < 1.29 is 81.0 Å². The quantitative estimate of drug-likeness (QED) is 0.0524. The Balaban J connectivity index is 1.13. The first-order valence-electron chi connectivity index (χ1n) is 23.8. The van der Waals surface area contributed by atoms with Gasteiger partial charge in [0.15, 0.2) is 29.6 Å². The van der Waals surface area contributed by atoms with E-state index in [2.05, 4.69) is 5.32 Å². The monoisotopic (exact) mass is 993 g/mol. The molecule has 2 saturated heterocycles. The topological polar surface area (TPSA) is 222 Å². The van der Waals surface area contributed by atoms with Gasteiger partial charge in [-0.1, -0.05) is 25.1 Å². The second-order valence-corrected chi connectivity index (χ2v) is 16.5. The highest BCUT2D eigenvalue weighted by molar-refractivity contribution is 6.01. The molecule has 0 saturated carbocycles. The number of hydrogen-bond acceptors (Lipinski definition) is 17. The number of piperidine rings is 1. The van der Waals surface area contributed by atoms with Gasteiger partial charge in [-0.05, 0) is 91.6 Å². The number of nitrogens with zero attached hydrogens (tertiary/aromatic N) is 2. The first kappa shape index (κ1) is 55.3. The zero-order valence-corrected chi connectivity index (χ0v) is 41.5. The molecule has 71 heavy (non-hydrogen) atoms. The number of esters is 1. The van der Waals surface area contributed by atoms with Gasteiger partial charge in [0.2, 0.25) is 11.7 Å². The van der Waals surface area contributed by atoms with E-state index in [0.717, 1.165) is 18.4 Å². The van der Waals surface area contributed by atoms with Crippen LogP contribution in [0.15, 0.2) is 54.6 Å². The Morgan fingerprint density at radius 3 is 2.03 bits per heavy atom. The summed E-state index contributed by atoms with van der Waals surface area (Å²) in [6.07, 6.45) is 2.41. The third-order valence-electron chi connectivity index (χ3n) is 11.8. The summed E-state index contributed by atoms with van der Waals surface area (Å²) in [6, 6.07) is 15.4. The van der Waals surface area contributed by atoms with Crippen molar-refractivity contribution in [2.75, 3.05) is 94.9 Å². The van der Waals surface area contributed by atoms with Crippen LogP contribution in [-0.2, 0) is 59.0 Å². The highest BCUT2D eigenvalue weighted by Crippen LogP contribution is 2.42. The number of hydrogen-bond donors (Lipinski definition) is 1. The Morgan fingerprint density at radius 2 is 1.38 bits per heavy atom. The number of hydroxylamine groups is 2. The van der Waals surface area contributed by atoms with Gasteiger partial charge in [-0.15, -0.1) is 5.06 Å². The van der Waals surface area contributed by atoms with Crippen LogP contribution in [0, 0.1) is 0 Å². The fourth-order valence-corrected chi connectivity index (χ4v) is 8.11. The van der Waals surface area contributed by atoms with Gasteiger partial charge in [-0.2, -0.15) is 0 Å². The van der Waals surface area contributed by atoms with E-state index in [1.165, 1.54) is 21.3 Å². The predicted molar refractivity (Wildman–Crippen MR) is 254 cm³/mol. The number of carbonyl (C=O) groups excluding carboxylic acids is 6. The molecule has 2 heterocycles. The number of rotatable bonds is 30. The molecule has 20 nitrogen and oxygen atoms in total. The highest BCUT2D eigenvalue weighted by Gasteiger charge is 2.38. The van der Waals surface area contributed by atoms with Crippen molar-refractivity contribution in [2.45, 2.75) is 82.8 Å². The Labute approximate surface area is 414 Å². The molecule has 0 aromatic heterocycles. The summed E-state index contributed by atoms with van der Waals surface area (Å²) >= 11 is 0. The summed E-state index contributed by atoms with van der Waals surface area (Å²) in [6.45, 7) is 3.52. The molecule has 3 aromatic rings. The number of likely N-dealkylation sites (tertiary alicyclic amines) is 1. The molecule has 0 spiro atoms. The van der Waals surface area contributed by atoms with Crippen molar-refractivity contribution in [1.29, 1.82) is 0 Å². The van der Waals surface area contributed by atoms with Gasteiger partial charge in [-0.25, -0.2) is 9.59 Å². The molecular formula is C51H67N3O17. The predicted octanol–water partition coefficient (Wildman–Crippen LogP) is 5.06. The van der Waals surface area contributed by atoms with Crippen LogP contribution >= 0.6 is 0 Å². The van der Waals surface area contributed by atoms with Crippen LogP contribution in [0.1, 0.15) is 87.0 Å². The summed E-state index contributed by atoms with van der Waals surface area (Å²) < 4.78 is 56.2. The van der Waals surface area contributed by atoms with Gasteiger partial charge in [0.25, 0.3) is 17.7 Å². The SMILES string of the molecule is CC[C@H](C(=O)N1CCCC[C@H]1C(=O)O[C@H](CCc1ccc(OC)c(OC)c1)c1cccc(OCC(=O)NCCOCCOCCOCCC(=O)ON2C(=O)CCC2=O)c1)c1cc(OC)c(OC)c(OC)c1. The molecule has 20 heteroatoms. The second kappa shape index (κ2) is 28.9. The number of imide groups is 1. The Hall–Kier alpha value is -6.64. The normalized spacial score (nSPS) is 15.4. The molecule has 2 aliphatic heterocycles. The molecule has 1 N–H and O–H groups in total. The van der Waals surface area contributed by atoms with Gasteiger partial charge in [-0.3, -0.25) is 19.2 Å². The number of amides is 4. The zero-order valence-electron chi connectivity index (χ0n) is 41.5. The molecule has 2 fully saturated rings. The molecule has 5 rings (SSSR count). The van der Waals surface area contributed by atoms with Crippen LogP contribution in [-0.4, -0.2) is 146 Å². The summed E-state index contributed by atoms with van der Waals surface area (Å²) in [7, 11) is 7.69. The first-order chi connectivity index (χ1) is 34.4. The molecule has 3 atom stereocenters. The number of carbonyl (C=O) groups is 6. The van der Waals surface area contributed by atoms with Gasteiger partial charge < -0.3 is 62.4 Å². The van der Waals surface area contributed by atoms with Crippen molar-refractivity contribution in [2.24, 2.45) is 0 Å². The largest absolute Gasteiger partial charge is 0.493 e. The van der Waals surface area contributed by atoms with Crippen LogP contribution in [0.2, 0.25) is 0 Å². The third kappa shape index (κ3) is 16.2. The molecule has 3 aromatic carbocycles. The standard InChI is InChI=1S/C51H67N3O17/c1-7-38(36-31-43(63-4)49(65-6)44(32-36)64-5)50(59)53-22-9-8-13-39(53)51(60)70-40(16-14-34-15-17-41(61-2)42(29-34)62-3)35-11-10-12-37(30-35)69-33-45(55)52-21-24-67-26-28-68-27-25-66-23-20-48(58)71-54-46(56)18-19-47(54)57/h10-12,15,17,29-32,38-40H,7-9,13-14,16,18-28,33H2,1-6H3,(H,52,55)/t38-,39-,40+/m0/s1. The maximum Gasteiger partial charge on any atom is 0.335 e. The van der Waals surface area contributed by atoms with Crippen molar-refractivity contribution in [3.05, 3.63) is 71.3 Å². The van der Waals surface area contributed by atoms with Gasteiger partial charge in [0.05, 0.1) is 87.5 Å². The van der Waals surface area contributed by atoms with Crippen molar-refractivity contribution in [3.8, 4) is 34.5 Å². The molecule has 0 bridgehead atoms. The smallest absolute Gasteiger partial charge is 0.335 e. The fourth-order valence-electron chi connectivity index (χ4n) is 8.11. The average molecular weight is 994 g/mol. The van der Waals surface area contributed by atoms with Crippen LogP contribution in [0.25, 0.3) is 0 Å². The molecular weight excluding hydrogens is 927 g/mol. The van der Waals surface area contributed by atoms with E-state index in [1.807, 2.05) is 31.2 Å². The maximum absolute atomic E-state index is 14.5. The number of methoxy groups -OCH3 is 5. The first-order valence-corrected chi connectivity index (χ1v) is 23.8. The molecule has 388 valence electrons. The van der Waals surface area contributed by atoms with E-state index in [1.54, 1.807) is 49.5 Å². The van der Waals surface area contributed by atoms with Crippen molar-refractivity contribution >= 4 is 35.6 Å². The zero-order chi connectivity index (χ0) is 51.1. The number of ether oxygens (including phenoxy) is 10. The Kier molecular flexibility index (Phi) is 22.5. The summed E-state index contributed by atoms with van der Waals surface area (Å²) in [5.74, 6) is -0.704. The van der Waals surface area contributed by atoms with E-state index >= 15 is 0 Å². The molecule has 0 aliphatic carbocycles. The van der Waals surface area contributed by atoms with Gasteiger partial charge in [0.1, 0.15) is 17.9 Å². The van der Waals surface area contributed by atoms with Crippen LogP contribution < -0.4 is 33.7 Å². The average Bonchev–Trinajstić information content (AvgIpc) is 3.71. The van der Waals surface area contributed by atoms with E-state index in [4.69, 9.17) is 52.2 Å². The van der Waals surface area contributed by atoms with E-state index in [0.29, 0.717) is 82.9 Å². The van der Waals surface area contributed by atoms with Gasteiger partial charge in [0, 0.05) is 25.9 Å². The van der Waals surface area contributed by atoms with Crippen molar-refractivity contribution in [1.82, 2.24) is 15.3 Å². The Bertz CT molecular complexity index is 2210. The van der Waals surface area contributed by atoms with Crippen molar-refractivity contribution in [3.63, 3.8) is 0 Å². The van der Waals surface area contributed by atoms with Gasteiger partial charge >= 0.3 is 11.9 Å². The third-order valence-corrected chi connectivity index (χ3v) is 11.8.